The van der Waals surface area contributed by atoms with E-state index in [9.17, 15) is 9.90 Å². The summed E-state index contributed by atoms with van der Waals surface area (Å²) in [6.07, 6.45) is 6.56. The van der Waals surface area contributed by atoms with Crippen LogP contribution < -0.4 is 5.32 Å². The van der Waals surface area contributed by atoms with E-state index in [1.165, 1.54) is 12.4 Å². The minimum absolute atomic E-state index is 0.107. The first-order valence-corrected chi connectivity index (χ1v) is 10.6. The lowest BCUT2D eigenvalue weighted by Crippen LogP contribution is -2.41. The summed E-state index contributed by atoms with van der Waals surface area (Å²) in [7, 11) is 0. The lowest BCUT2D eigenvalue weighted by atomic mass is 9.77. The third kappa shape index (κ3) is 4.18. The average Bonchev–Trinajstić information content (AvgIpc) is 3.03. The van der Waals surface area contributed by atoms with E-state index in [0.29, 0.717) is 16.5 Å². The van der Waals surface area contributed by atoms with E-state index >= 15 is 0 Å². The molecule has 3 aromatic rings. The number of hydrogen-bond acceptors (Lipinski definition) is 5. The van der Waals surface area contributed by atoms with E-state index in [-0.39, 0.29) is 17.9 Å². The van der Waals surface area contributed by atoms with Crippen molar-refractivity contribution in [1.29, 1.82) is 0 Å². The smallest absolute Gasteiger partial charge is 0.254 e. The van der Waals surface area contributed by atoms with Crippen LogP contribution in [-0.2, 0) is 0 Å². The highest BCUT2D eigenvalue weighted by Crippen LogP contribution is 2.32. The summed E-state index contributed by atoms with van der Waals surface area (Å²) in [6, 6.07) is 5.68. The molecule has 1 amide bonds. The largest absolute Gasteiger partial charge is 0.390 e. The summed E-state index contributed by atoms with van der Waals surface area (Å²) in [6.45, 7) is 5.63. The molecule has 2 N–H and O–H groups in total. The first-order valence-electron chi connectivity index (χ1n) is 10.2. The molecule has 1 saturated carbocycles. The molecule has 1 fully saturated rings. The van der Waals surface area contributed by atoms with Gasteiger partial charge in [-0.05, 0) is 70.6 Å². The van der Waals surface area contributed by atoms with Crippen molar-refractivity contribution in [3.63, 3.8) is 0 Å². The minimum atomic E-state index is -0.669. The number of aromatic nitrogens is 4. The molecule has 0 atom stereocenters. The third-order valence-electron chi connectivity index (χ3n) is 5.98. The Labute approximate surface area is 180 Å². The number of hydrogen-bond donors (Lipinski definition) is 2. The Morgan fingerprint density at radius 3 is 2.50 bits per heavy atom. The summed E-state index contributed by atoms with van der Waals surface area (Å²) in [5.41, 5.74) is 1.42. The molecule has 2 aromatic heterocycles. The summed E-state index contributed by atoms with van der Waals surface area (Å²) in [5.74, 6) is 0.476. The lowest BCUT2D eigenvalue weighted by Gasteiger charge is -2.36. The van der Waals surface area contributed by atoms with Gasteiger partial charge in [-0.3, -0.25) is 4.79 Å². The zero-order valence-electron chi connectivity index (χ0n) is 17.4. The Morgan fingerprint density at radius 1 is 1.20 bits per heavy atom. The van der Waals surface area contributed by atoms with Crippen LogP contribution in [0.3, 0.4) is 0 Å². The molecule has 4 rings (SSSR count). The first-order chi connectivity index (χ1) is 14.2. The molecule has 0 spiro atoms. The highest BCUT2D eigenvalue weighted by atomic mass is 35.5. The van der Waals surface area contributed by atoms with Crippen LogP contribution in [0.2, 0.25) is 5.02 Å². The summed E-state index contributed by atoms with van der Waals surface area (Å²) in [4.78, 5) is 21.3. The molecule has 0 aliphatic heterocycles. The van der Waals surface area contributed by atoms with Crippen molar-refractivity contribution in [2.75, 3.05) is 0 Å². The molecule has 1 aliphatic rings. The standard InChI is InChI=1S/C22H26ClN5O2/c1-13-18-9-6-16(23)10-19(18)28(27-13)21-24-11-14(12-25-21)20(29)26-17-7-4-15(5-8-17)22(2,3)30/h6,9-12,15,17,30H,4-5,7-8H2,1-3H3,(H,26,29). The van der Waals surface area contributed by atoms with Gasteiger partial charge in [-0.2, -0.15) is 9.78 Å². The number of halogens is 1. The molecular formula is C22H26ClN5O2. The number of nitrogens with one attached hydrogen (secondary N) is 1. The van der Waals surface area contributed by atoms with Crippen molar-refractivity contribution >= 4 is 28.4 Å². The zero-order valence-corrected chi connectivity index (χ0v) is 18.1. The number of rotatable bonds is 4. The molecular weight excluding hydrogens is 402 g/mol. The summed E-state index contributed by atoms with van der Waals surface area (Å²) >= 11 is 6.13. The molecule has 8 heteroatoms. The molecule has 0 bridgehead atoms. The Bertz CT molecular complexity index is 1060. The van der Waals surface area contributed by atoms with Gasteiger partial charge in [0.05, 0.1) is 22.4 Å². The lowest BCUT2D eigenvalue weighted by molar-refractivity contribution is -0.00257. The number of fused-ring (bicyclic) bond motifs is 1. The summed E-state index contributed by atoms with van der Waals surface area (Å²) < 4.78 is 1.64. The highest BCUT2D eigenvalue weighted by molar-refractivity contribution is 6.31. The van der Waals surface area contributed by atoms with E-state index in [2.05, 4.69) is 20.4 Å². The van der Waals surface area contributed by atoms with E-state index in [1.54, 1.807) is 4.68 Å². The van der Waals surface area contributed by atoms with E-state index < -0.39 is 5.60 Å². The maximum atomic E-state index is 12.6. The molecule has 0 saturated heterocycles. The van der Waals surface area contributed by atoms with Gasteiger partial charge in [0, 0.05) is 28.8 Å². The topological polar surface area (TPSA) is 92.9 Å². The predicted octanol–water partition coefficient (Wildman–Crippen LogP) is 3.84. The quantitative estimate of drug-likeness (QED) is 0.659. The fraction of sp³-hybridized carbons (Fsp3) is 0.455. The van der Waals surface area contributed by atoms with E-state index in [4.69, 9.17) is 11.6 Å². The van der Waals surface area contributed by atoms with Crippen LogP contribution in [0.15, 0.2) is 30.6 Å². The van der Waals surface area contributed by atoms with Crippen LogP contribution >= 0.6 is 11.6 Å². The maximum absolute atomic E-state index is 12.6. The Hall–Kier alpha value is -2.51. The van der Waals surface area contributed by atoms with Gasteiger partial charge in [-0.15, -0.1) is 0 Å². The Balaban J connectivity index is 1.46. The molecule has 1 aliphatic carbocycles. The van der Waals surface area contributed by atoms with Crippen molar-refractivity contribution < 1.29 is 9.90 Å². The molecule has 7 nitrogen and oxygen atoms in total. The van der Waals surface area contributed by atoms with Gasteiger partial charge in [0.25, 0.3) is 11.9 Å². The predicted molar refractivity (Wildman–Crippen MR) is 116 cm³/mol. The molecule has 158 valence electrons. The first kappa shape index (κ1) is 20.8. The number of benzene rings is 1. The van der Waals surface area contributed by atoms with Gasteiger partial charge in [0.15, 0.2) is 0 Å². The Kier molecular flexibility index (Phi) is 5.51. The molecule has 2 heterocycles. The molecule has 0 unspecified atom stereocenters. The van der Waals surface area contributed by atoms with Crippen LogP contribution in [0.25, 0.3) is 16.9 Å². The van der Waals surface area contributed by atoms with Gasteiger partial charge in [0.1, 0.15) is 0 Å². The van der Waals surface area contributed by atoms with Gasteiger partial charge in [0.2, 0.25) is 0 Å². The zero-order chi connectivity index (χ0) is 21.5. The monoisotopic (exact) mass is 427 g/mol. The van der Waals surface area contributed by atoms with Gasteiger partial charge in [-0.1, -0.05) is 11.6 Å². The maximum Gasteiger partial charge on any atom is 0.254 e. The van der Waals surface area contributed by atoms with Crippen LogP contribution in [0.4, 0.5) is 0 Å². The van der Waals surface area contributed by atoms with Crippen LogP contribution in [0.5, 0.6) is 0 Å². The van der Waals surface area contributed by atoms with Crippen LogP contribution in [0, 0.1) is 12.8 Å². The van der Waals surface area contributed by atoms with Crippen molar-refractivity contribution in [3.05, 3.63) is 46.9 Å². The number of aliphatic hydroxyl groups is 1. The van der Waals surface area contributed by atoms with E-state index in [1.807, 2.05) is 39.0 Å². The van der Waals surface area contributed by atoms with Gasteiger partial charge < -0.3 is 10.4 Å². The molecule has 0 radical (unpaired) electrons. The number of aryl methyl sites for hydroxylation is 1. The fourth-order valence-corrected chi connectivity index (χ4v) is 4.32. The van der Waals surface area contributed by atoms with Crippen molar-refractivity contribution in [2.45, 2.75) is 58.1 Å². The van der Waals surface area contributed by atoms with Gasteiger partial charge in [-0.25, -0.2) is 9.97 Å². The number of amides is 1. The molecule has 30 heavy (non-hydrogen) atoms. The normalized spacial score (nSPS) is 19.8. The average molecular weight is 428 g/mol. The highest BCUT2D eigenvalue weighted by Gasteiger charge is 2.31. The van der Waals surface area contributed by atoms with Crippen molar-refractivity contribution in [3.8, 4) is 5.95 Å². The molecule has 1 aromatic carbocycles. The van der Waals surface area contributed by atoms with Crippen molar-refractivity contribution in [1.82, 2.24) is 25.1 Å². The number of carbonyl (C=O) groups is 1. The summed E-state index contributed by atoms with van der Waals surface area (Å²) in [5, 5.41) is 19.3. The van der Waals surface area contributed by atoms with Gasteiger partial charge >= 0.3 is 0 Å². The van der Waals surface area contributed by atoms with Crippen molar-refractivity contribution in [2.24, 2.45) is 5.92 Å². The van der Waals surface area contributed by atoms with E-state index in [0.717, 1.165) is 42.3 Å². The number of nitrogens with zero attached hydrogens (tertiary/aromatic N) is 4. The fourth-order valence-electron chi connectivity index (χ4n) is 4.16. The minimum Gasteiger partial charge on any atom is -0.390 e. The second-order valence-corrected chi connectivity index (χ2v) is 9.04. The SMILES string of the molecule is Cc1nn(-c2ncc(C(=O)NC3CCC(C(C)(C)O)CC3)cn2)c2cc(Cl)ccc12. The number of carbonyl (C=O) groups excluding carboxylic acids is 1. The second-order valence-electron chi connectivity index (χ2n) is 8.61. The van der Waals surface area contributed by atoms with Crippen LogP contribution in [-0.4, -0.2) is 42.4 Å². The third-order valence-corrected chi connectivity index (χ3v) is 6.21. The second kappa shape index (κ2) is 7.96. The Morgan fingerprint density at radius 2 is 1.87 bits per heavy atom. The van der Waals surface area contributed by atoms with Crippen LogP contribution in [0.1, 0.15) is 55.6 Å².